The summed E-state index contributed by atoms with van der Waals surface area (Å²) in [5, 5.41) is 7.25. The molecule has 4 unspecified atom stereocenters. The third-order valence-electron chi connectivity index (χ3n) is 6.60. The highest BCUT2D eigenvalue weighted by Crippen LogP contribution is 2.33. The van der Waals surface area contributed by atoms with E-state index in [0.29, 0.717) is 18.0 Å². The summed E-state index contributed by atoms with van der Waals surface area (Å²) in [6.45, 7) is 6.08. The zero-order valence-electron chi connectivity index (χ0n) is 18.8. The van der Waals surface area contributed by atoms with Crippen LogP contribution in [0.3, 0.4) is 0 Å². The molecule has 0 bridgehead atoms. The molecule has 0 radical (unpaired) electrons. The molecule has 2 aromatic carbocycles. The lowest BCUT2D eigenvalue weighted by atomic mass is 9.89. The van der Waals surface area contributed by atoms with Crippen LogP contribution in [0.15, 0.2) is 65.7 Å². The van der Waals surface area contributed by atoms with E-state index in [1.165, 1.54) is 17.5 Å². The quantitative estimate of drug-likeness (QED) is 0.548. The van der Waals surface area contributed by atoms with Crippen molar-refractivity contribution < 1.29 is 4.74 Å². The zero-order valence-corrected chi connectivity index (χ0v) is 18.8. The maximum Gasteiger partial charge on any atom is 0.191 e. The minimum atomic E-state index is 0.161. The van der Waals surface area contributed by atoms with Gasteiger partial charge in [-0.25, -0.2) is 0 Å². The van der Waals surface area contributed by atoms with Crippen LogP contribution in [-0.4, -0.2) is 49.7 Å². The summed E-state index contributed by atoms with van der Waals surface area (Å²) in [6.07, 6.45) is 3.59. The van der Waals surface area contributed by atoms with Gasteiger partial charge in [-0.1, -0.05) is 60.7 Å². The lowest BCUT2D eigenvalue weighted by Crippen LogP contribution is -2.46. The Bertz CT molecular complexity index is 826. The number of guanidine groups is 1. The number of rotatable bonds is 6. The minimum absolute atomic E-state index is 0.161. The van der Waals surface area contributed by atoms with E-state index in [1.807, 2.05) is 7.05 Å². The Morgan fingerprint density at radius 1 is 1.10 bits per heavy atom. The second-order valence-corrected chi connectivity index (χ2v) is 8.90. The summed E-state index contributed by atoms with van der Waals surface area (Å²) in [4.78, 5) is 7.06. The number of benzene rings is 2. The minimum Gasteiger partial charge on any atom is -0.373 e. The maximum absolute atomic E-state index is 6.15. The Morgan fingerprint density at radius 3 is 2.58 bits per heavy atom. The number of ether oxygens (including phenoxy) is 1. The van der Waals surface area contributed by atoms with E-state index in [1.54, 1.807) is 0 Å². The third-order valence-corrected chi connectivity index (χ3v) is 6.60. The fraction of sp³-hybridized carbons (Fsp3) is 0.500. The van der Waals surface area contributed by atoms with Crippen molar-refractivity contribution in [3.05, 3.63) is 71.8 Å². The number of aliphatic imine (C=N–C) groups is 1. The van der Waals surface area contributed by atoms with Gasteiger partial charge in [0.15, 0.2) is 5.96 Å². The highest BCUT2D eigenvalue weighted by molar-refractivity contribution is 5.80. The highest BCUT2D eigenvalue weighted by Gasteiger charge is 2.30. The average molecular weight is 421 g/mol. The van der Waals surface area contributed by atoms with Crippen molar-refractivity contribution in [2.45, 2.75) is 50.9 Å². The highest BCUT2D eigenvalue weighted by atomic mass is 16.5. The molecule has 4 atom stereocenters. The van der Waals surface area contributed by atoms with Gasteiger partial charge in [0.2, 0.25) is 0 Å². The van der Waals surface area contributed by atoms with Gasteiger partial charge in [-0.05, 0) is 37.3 Å². The first-order chi connectivity index (χ1) is 15.2. The summed E-state index contributed by atoms with van der Waals surface area (Å²) in [6, 6.07) is 22.3. The summed E-state index contributed by atoms with van der Waals surface area (Å²) in [5.74, 6) is 1.35. The maximum atomic E-state index is 6.15. The lowest BCUT2D eigenvalue weighted by Gasteiger charge is -2.33. The van der Waals surface area contributed by atoms with Gasteiger partial charge in [-0.2, -0.15) is 0 Å². The number of nitrogens with zero attached hydrogens (tertiary/aromatic N) is 2. The van der Waals surface area contributed by atoms with Crippen molar-refractivity contribution >= 4 is 5.96 Å². The van der Waals surface area contributed by atoms with Crippen LogP contribution >= 0.6 is 0 Å². The molecule has 5 nitrogen and oxygen atoms in total. The van der Waals surface area contributed by atoms with Crippen molar-refractivity contribution in [2.24, 2.45) is 10.9 Å². The molecular weight excluding hydrogens is 384 g/mol. The molecule has 2 N–H and O–H groups in total. The van der Waals surface area contributed by atoms with Gasteiger partial charge in [0.1, 0.15) is 0 Å². The van der Waals surface area contributed by atoms with Gasteiger partial charge < -0.3 is 15.4 Å². The number of nitrogens with one attached hydrogen (secondary N) is 2. The largest absolute Gasteiger partial charge is 0.373 e. The molecule has 2 aliphatic rings. The van der Waals surface area contributed by atoms with E-state index in [-0.39, 0.29) is 6.10 Å². The molecule has 4 rings (SSSR count). The van der Waals surface area contributed by atoms with Crippen LogP contribution in [0.5, 0.6) is 0 Å². The molecule has 0 aromatic heterocycles. The Kier molecular flexibility index (Phi) is 7.60. The number of hydrogen-bond donors (Lipinski definition) is 2. The molecule has 166 valence electrons. The second kappa shape index (κ2) is 10.8. The van der Waals surface area contributed by atoms with Crippen molar-refractivity contribution in [2.75, 3.05) is 26.7 Å². The molecule has 2 aliphatic heterocycles. The fourth-order valence-electron chi connectivity index (χ4n) is 4.92. The number of likely N-dealkylation sites (tertiary alicyclic amines) is 1. The predicted molar refractivity (Wildman–Crippen MR) is 127 cm³/mol. The first-order valence-electron chi connectivity index (χ1n) is 11.6. The molecule has 5 heteroatoms. The van der Waals surface area contributed by atoms with Crippen LogP contribution in [0, 0.1) is 5.92 Å². The lowest BCUT2D eigenvalue weighted by molar-refractivity contribution is -0.0265. The molecule has 0 aliphatic carbocycles. The SMILES string of the molecule is CN=C(NCC1CCCOC1c1ccccc1)NC1CC(C)N(Cc2ccccc2)C1. The topological polar surface area (TPSA) is 48.9 Å². The summed E-state index contributed by atoms with van der Waals surface area (Å²) in [7, 11) is 1.86. The first kappa shape index (κ1) is 21.8. The standard InChI is InChI=1S/C26H36N4O/c1-20-16-24(19-30(20)18-21-10-5-3-6-11-21)29-26(27-2)28-17-23-14-9-15-31-25(23)22-12-7-4-8-13-22/h3-8,10-13,20,23-25H,9,14-19H2,1-2H3,(H2,27,28,29). The van der Waals surface area contributed by atoms with Crippen LogP contribution in [-0.2, 0) is 11.3 Å². The Hall–Kier alpha value is -2.37. The average Bonchev–Trinajstić information content (AvgIpc) is 3.16. The molecule has 2 aromatic rings. The van der Waals surface area contributed by atoms with E-state index in [9.17, 15) is 0 Å². The van der Waals surface area contributed by atoms with Gasteiger partial charge >= 0.3 is 0 Å². The predicted octanol–water partition coefficient (Wildman–Crippen LogP) is 3.98. The molecular formula is C26H36N4O. The molecule has 2 saturated heterocycles. The molecule has 0 spiro atoms. The van der Waals surface area contributed by atoms with E-state index in [2.05, 4.69) is 88.1 Å². The first-order valence-corrected chi connectivity index (χ1v) is 11.6. The molecule has 31 heavy (non-hydrogen) atoms. The second-order valence-electron chi connectivity index (χ2n) is 8.90. The molecule has 2 heterocycles. The number of hydrogen-bond acceptors (Lipinski definition) is 3. The third kappa shape index (κ3) is 5.86. The van der Waals surface area contributed by atoms with Crippen LogP contribution < -0.4 is 10.6 Å². The molecule has 0 saturated carbocycles. The van der Waals surface area contributed by atoms with Crippen molar-refractivity contribution in [1.82, 2.24) is 15.5 Å². The Morgan fingerprint density at radius 2 is 1.84 bits per heavy atom. The van der Waals surface area contributed by atoms with Gasteiger partial charge in [0.25, 0.3) is 0 Å². The van der Waals surface area contributed by atoms with Gasteiger partial charge in [-0.15, -0.1) is 0 Å². The van der Waals surface area contributed by atoms with Crippen molar-refractivity contribution in [3.63, 3.8) is 0 Å². The van der Waals surface area contributed by atoms with Crippen LogP contribution in [0.4, 0.5) is 0 Å². The summed E-state index contributed by atoms with van der Waals surface area (Å²) >= 11 is 0. The molecule has 0 amide bonds. The Labute approximate surface area is 186 Å². The fourth-order valence-corrected chi connectivity index (χ4v) is 4.92. The summed E-state index contributed by atoms with van der Waals surface area (Å²) in [5.41, 5.74) is 2.65. The van der Waals surface area contributed by atoms with Gasteiger partial charge in [-0.3, -0.25) is 9.89 Å². The Balaban J connectivity index is 1.29. The molecule has 2 fully saturated rings. The van der Waals surface area contributed by atoms with Gasteiger partial charge in [0, 0.05) is 51.3 Å². The summed E-state index contributed by atoms with van der Waals surface area (Å²) < 4.78 is 6.15. The van der Waals surface area contributed by atoms with Crippen LogP contribution in [0.1, 0.15) is 43.4 Å². The smallest absolute Gasteiger partial charge is 0.191 e. The van der Waals surface area contributed by atoms with Crippen molar-refractivity contribution in [1.29, 1.82) is 0 Å². The van der Waals surface area contributed by atoms with Gasteiger partial charge in [0.05, 0.1) is 6.10 Å². The van der Waals surface area contributed by atoms with E-state index < -0.39 is 0 Å². The van der Waals surface area contributed by atoms with E-state index >= 15 is 0 Å². The monoisotopic (exact) mass is 420 g/mol. The van der Waals surface area contributed by atoms with Crippen LogP contribution in [0.25, 0.3) is 0 Å². The normalized spacial score (nSPS) is 27.2. The zero-order chi connectivity index (χ0) is 21.5. The van der Waals surface area contributed by atoms with E-state index in [0.717, 1.165) is 45.0 Å². The van der Waals surface area contributed by atoms with Crippen LogP contribution in [0.2, 0.25) is 0 Å². The van der Waals surface area contributed by atoms with Crippen molar-refractivity contribution in [3.8, 4) is 0 Å². The van der Waals surface area contributed by atoms with E-state index in [4.69, 9.17) is 4.74 Å².